The number of carbonyl (C=O) groups excluding carboxylic acids is 1. The second kappa shape index (κ2) is 7.77. The van der Waals surface area contributed by atoms with Crippen molar-refractivity contribution in [2.45, 2.75) is 17.6 Å². The van der Waals surface area contributed by atoms with Crippen LogP contribution in [0.15, 0.2) is 52.9 Å². The minimum Gasteiger partial charge on any atom is -0.291 e. The lowest BCUT2D eigenvalue weighted by Gasteiger charge is -2.13. The lowest BCUT2D eigenvalue weighted by atomic mass is 10.1. The molecule has 0 aliphatic heterocycles. The van der Waals surface area contributed by atoms with Crippen LogP contribution < -0.4 is 10.0 Å². The van der Waals surface area contributed by atoms with E-state index in [9.17, 15) is 4.79 Å². The maximum Gasteiger partial charge on any atom is 0.232 e. The molecule has 2 N–H and O–H groups in total. The molecule has 3 rings (SSSR count). The van der Waals surface area contributed by atoms with Crippen LogP contribution in [0.1, 0.15) is 11.3 Å². The van der Waals surface area contributed by atoms with E-state index in [1.165, 1.54) is 11.3 Å². The van der Waals surface area contributed by atoms with Crippen LogP contribution in [0, 0.1) is 6.92 Å². The van der Waals surface area contributed by atoms with E-state index in [0.29, 0.717) is 11.6 Å². The van der Waals surface area contributed by atoms with Crippen LogP contribution in [-0.4, -0.2) is 22.9 Å². The Hall–Kier alpha value is -2.22. The molecule has 5 nitrogen and oxygen atoms in total. The van der Waals surface area contributed by atoms with E-state index in [-0.39, 0.29) is 5.91 Å². The van der Waals surface area contributed by atoms with Gasteiger partial charge < -0.3 is 0 Å². The molecule has 0 fully saturated rings. The fourth-order valence-corrected chi connectivity index (χ4v) is 3.76. The molecule has 3 aromatic rings. The predicted molar refractivity (Wildman–Crippen MR) is 104 cm³/mol. The fraction of sp³-hybridized carbons (Fsp3) is 0.167. The highest BCUT2D eigenvalue weighted by molar-refractivity contribution is 7.99. The van der Waals surface area contributed by atoms with Gasteiger partial charge >= 0.3 is 0 Å². The summed E-state index contributed by atoms with van der Waals surface area (Å²) in [6.45, 7) is 1.89. The van der Waals surface area contributed by atoms with Crippen molar-refractivity contribution in [3.05, 3.63) is 59.9 Å². The molecule has 0 spiro atoms. The van der Waals surface area contributed by atoms with E-state index in [1.54, 1.807) is 18.1 Å². The Morgan fingerprint density at radius 1 is 1.24 bits per heavy atom. The summed E-state index contributed by atoms with van der Waals surface area (Å²) in [5.74, 6) is -0.00657. The van der Waals surface area contributed by atoms with Gasteiger partial charge in [0.1, 0.15) is 0 Å². The van der Waals surface area contributed by atoms with Gasteiger partial charge in [0.05, 0.1) is 22.0 Å². The van der Waals surface area contributed by atoms with Gasteiger partial charge in [0.25, 0.3) is 0 Å². The predicted octanol–water partition coefficient (Wildman–Crippen LogP) is 3.68. The number of anilines is 1. The second-order valence-electron chi connectivity index (χ2n) is 5.53. The Balaban J connectivity index is 1.70. The van der Waals surface area contributed by atoms with Gasteiger partial charge in [0.2, 0.25) is 5.91 Å². The van der Waals surface area contributed by atoms with Crippen molar-refractivity contribution in [3.63, 3.8) is 0 Å². The number of pyridine rings is 1. The van der Waals surface area contributed by atoms with E-state index in [1.807, 2.05) is 49.4 Å². The zero-order valence-corrected chi connectivity index (χ0v) is 15.6. The average molecular weight is 371 g/mol. The molecule has 7 heteroatoms. The van der Waals surface area contributed by atoms with Crippen molar-refractivity contribution >= 4 is 34.3 Å². The van der Waals surface area contributed by atoms with Gasteiger partial charge in [-0.3, -0.25) is 19.8 Å². The molecule has 0 aliphatic carbocycles. The number of likely N-dealkylation sites (N-methyl/N-ethyl adjacent to an activating group) is 1. The first-order chi connectivity index (χ1) is 12.1. The molecule has 2 heterocycles. The monoisotopic (exact) mass is 370 g/mol. The van der Waals surface area contributed by atoms with Gasteiger partial charge in [-0.15, -0.1) is 0 Å². The van der Waals surface area contributed by atoms with Gasteiger partial charge in [-0.2, -0.15) is 0 Å². The first-order valence-electron chi connectivity index (χ1n) is 7.69. The molecular weight excluding hydrogens is 352 g/mol. The van der Waals surface area contributed by atoms with Crippen molar-refractivity contribution in [2.75, 3.05) is 11.9 Å². The fourth-order valence-electron chi connectivity index (χ4n) is 2.35. The SMILES string of the molecule is Cc1nc(N(C)C(=O)Cc2ccc(-c3ccccn3)cc2)sc1SN. The minimum absolute atomic E-state index is 0.00657. The standard InChI is InChI=1S/C18H18N4OS2/c1-12-17(25-19)24-18(21-12)22(2)16(23)11-13-6-8-14(9-7-13)15-5-3-4-10-20-15/h3-10H,11,19H2,1-2H3. The number of amides is 1. The zero-order valence-electron chi connectivity index (χ0n) is 14.0. The molecule has 0 atom stereocenters. The smallest absolute Gasteiger partial charge is 0.232 e. The lowest BCUT2D eigenvalue weighted by Crippen LogP contribution is -2.27. The summed E-state index contributed by atoms with van der Waals surface area (Å²) in [5.41, 5.74) is 3.76. The number of hydrogen-bond acceptors (Lipinski definition) is 6. The highest BCUT2D eigenvalue weighted by Crippen LogP contribution is 2.31. The van der Waals surface area contributed by atoms with Gasteiger partial charge in [-0.05, 0) is 36.6 Å². The topological polar surface area (TPSA) is 72.1 Å². The molecule has 1 amide bonds. The average Bonchev–Trinajstić information content (AvgIpc) is 3.03. The summed E-state index contributed by atoms with van der Waals surface area (Å²) in [4.78, 5) is 22.9. The van der Waals surface area contributed by atoms with Crippen molar-refractivity contribution in [3.8, 4) is 11.3 Å². The van der Waals surface area contributed by atoms with Crippen molar-refractivity contribution in [2.24, 2.45) is 5.14 Å². The molecule has 0 saturated heterocycles. The molecule has 1 aromatic carbocycles. The Morgan fingerprint density at radius 3 is 2.60 bits per heavy atom. The maximum absolute atomic E-state index is 12.5. The summed E-state index contributed by atoms with van der Waals surface area (Å²) in [6.07, 6.45) is 2.09. The zero-order chi connectivity index (χ0) is 17.8. The number of aromatic nitrogens is 2. The molecule has 25 heavy (non-hydrogen) atoms. The molecular formula is C18H18N4OS2. The Labute approximate surface area is 155 Å². The van der Waals surface area contributed by atoms with Gasteiger partial charge in [0.15, 0.2) is 5.13 Å². The number of thiazole rings is 1. The van der Waals surface area contributed by atoms with Crippen molar-refractivity contribution in [1.82, 2.24) is 9.97 Å². The number of rotatable bonds is 5. The minimum atomic E-state index is -0.00657. The lowest BCUT2D eigenvalue weighted by molar-refractivity contribution is -0.117. The molecule has 128 valence electrons. The van der Waals surface area contributed by atoms with Crippen LogP contribution in [0.2, 0.25) is 0 Å². The highest BCUT2D eigenvalue weighted by atomic mass is 32.2. The molecule has 0 unspecified atom stereocenters. The molecule has 0 saturated carbocycles. The largest absolute Gasteiger partial charge is 0.291 e. The third-order valence-electron chi connectivity index (χ3n) is 3.78. The van der Waals surface area contributed by atoms with Crippen molar-refractivity contribution < 1.29 is 4.79 Å². The number of nitrogens with two attached hydrogens (primary N) is 1. The molecule has 0 aliphatic rings. The molecule has 2 aromatic heterocycles. The van der Waals surface area contributed by atoms with Gasteiger partial charge in [-0.25, -0.2) is 4.98 Å². The summed E-state index contributed by atoms with van der Waals surface area (Å²) in [6, 6.07) is 13.7. The van der Waals surface area contributed by atoms with E-state index in [2.05, 4.69) is 9.97 Å². The number of nitrogens with zero attached hydrogens (tertiary/aromatic N) is 3. The Morgan fingerprint density at radius 2 is 2.00 bits per heavy atom. The van der Waals surface area contributed by atoms with Crippen LogP contribution >= 0.6 is 23.3 Å². The van der Waals surface area contributed by atoms with Gasteiger partial charge in [-0.1, -0.05) is 41.7 Å². The molecule has 0 bridgehead atoms. The van der Waals surface area contributed by atoms with Crippen LogP contribution in [0.3, 0.4) is 0 Å². The van der Waals surface area contributed by atoms with Crippen LogP contribution in [0.4, 0.5) is 5.13 Å². The van der Waals surface area contributed by atoms with E-state index >= 15 is 0 Å². The normalized spacial score (nSPS) is 10.7. The summed E-state index contributed by atoms with van der Waals surface area (Å²) < 4.78 is 0.925. The van der Waals surface area contributed by atoms with Crippen LogP contribution in [0.5, 0.6) is 0 Å². The Bertz CT molecular complexity index is 863. The molecule has 0 radical (unpaired) electrons. The Kier molecular flexibility index (Phi) is 5.47. The first-order valence-corrected chi connectivity index (χ1v) is 9.39. The quantitative estimate of drug-likeness (QED) is 0.694. The number of hydrogen-bond donors (Lipinski definition) is 1. The third kappa shape index (κ3) is 4.07. The number of aryl methyl sites for hydroxylation is 1. The highest BCUT2D eigenvalue weighted by Gasteiger charge is 2.17. The van der Waals surface area contributed by atoms with E-state index in [0.717, 1.165) is 38.7 Å². The van der Waals surface area contributed by atoms with E-state index in [4.69, 9.17) is 5.14 Å². The summed E-state index contributed by atoms with van der Waals surface area (Å²) >= 11 is 2.59. The first kappa shape index (κ1) is 17.6. The van der Waals surface area contributed by atoms with Crippen molar-refractivity contribution in [1.29, 1.82) is 0 Å². The summed E-state index contributed by atoms with van der Waals surface area (Å²) in [7, 11) is 1.74. The summed E-state index contributed by atoms with van der Waals surface area (Å²) in [5, 5.41) is 6.27. The number of benzene rings is 1. The van der Waals surface area contributed by atoms with Gasteiger partial charge in [0, 0.05) is 18.8 Å². The van der Waals surface area contributed by atoms with Crippen LogP contribution in [0.25, 0.3) is 11.3 Å². The third-order valence-corrected chi connectivity index (χ3v) is 5.86. The number of carbonyl (C=O) groups is 1. The second-order valence-corrected chi connectivity index (χ2v) is 7.41. The van der Waals surface area contributed by atoms with E-state index < -0.39 is 0 Å². The van der Waals surface area contributed by atoms with Crippen LogP contribution in [-0.2, 0) is 11.2 Å². The maximum atomic E-state index is 12.5.